The first-order valence-corrected chi connectivity index (χ1v) is 10.0. The molecule has 27 heavy (non-hydrogen) atoms. The molecule has 0 saturated heterocycles. The third-order valence-corrected chi connectivity index (χ3v) is 5.99. The zero-order valence-corrected chi connectivity index (χ0v) is 17.0. The van der Waals surface area contributed by atoms with Gasteiger partial charge < -0.3 is 5.32 Å². The highest BCUT2D eigenvalue weighted by atomic mass is 35.5. The van der Waals surface area contributed by atoms with E-state index in [2.05, 4.69) is 23.5 Å². The molecule has 0 bridgehead atoms. The average molecular weight is 402 g/mol. The second-order valence-electron chi connectivity index (χ2n) is 7.57. The fourth-order valence-electron chi connectivity index (χ4n) is 4.33. The Morgan fingerprint density at radius 3 is 2.70 bits per heavy atom. The molecule has 2 aliphatic rings. The van der Waals surface area contributed by atoms with Gasteiger partial charge in [-0.1, -0.05) is 23.7 Å². The molecule has 1 aromatic heterocycles. The highest BCUT2D eigenvalue weighted by Crippen LogP contribution is 2.35. The van der Waals surface area contributed by atoms with E-state index >= 15 is 0 Å². The highest BCUT2D eigenvalue weighted by molar-refractivity contribution is 6.30. The van der Waals surface area contributed by atoms with Crippen molar-refractivity contribution in [1.29, 1.82) is 5.26 Å². The average Bonchev–Trinajstić information content (AvgIpc) is 3.12. The second kappa shape index (κ2) is 8.95. The summed E-state index contributed by atoms with van der Waals surface area (Å²) in [5.74, 6) is 0.586. The number of benzene rings is 1. The highest BCUT2D eigenvalue weighted by Gasteiger charge is 2.24. The van der Waals surface area contributed by atoms with Crippen LogP contribution in [0.3, 0.4) is 0 Å². The summed E-state index contributed by atoms with van der Waals surface area (Å²) in [5, 5.41) is 13.5. The molecule has 2 aromatic rings. The van der Waals surface area contributed by atoms with Gasteiger partial charge in [-0.3, -0.25) is 4.98 Å². The number of nitrogens with zero attached hydrogens (tertiary/aromatic N) is 2. The van der Waals surface area contributed by atoms with Crippen LogP contribution in [0.2, 0.25) is 5.02 Å². The zero-order chi connectivity index (χ0) is 17.9. The van der Waals surface area contributed by atoms with Crippen LogP contribution >= 0.6 is 24.0 Å². The van der Waals surface area contributed by atoms with E-state index in [1.807, 2.05) is 18.2 Å². The van der Waals surface area contributed by atoms with E-state index in [4.69, 9.17) is 21.8 Å². The van der Waals surface area contributed by atoms with Crippen molar-refractivity contribution in [2.24, 2.45) is 5.92 Å². The quantitative estimate of drug-likeness (QED) is 0.663. The van der Waals surface area contributed by atoms with Gasteiger partial charge in [0.25, 0.3) is 0 Å². The van der Waals surface area contributed by atoms with Crippen molar-refractivity contribution in [2.45, 2.75) is 57.4 Å². The van der Waals surface area contributed by atoms with Crippen LogP contribution in [0.1, 0.15) is 49.8 Å². The molecule has 142 valence electrons. The number of pyridine rings is 1. The van der Waals surface area contributed by atoms with Crippen LogP contribution < -0.4 is 5.32 Å². The minimum Gasteiger partial charge on any atom is -0.382 e. The number of hydrogen-bond acceptors (Lipinski definition) is 3. The van der Waals surface area contributed by atoms with E-state index in [0.717, 1.165) is 54.8 Å². The maximum absolute atomic E-state index is 8.90. The van der Waals surface area contributed by atoms with Gasteiger partial charge in [-0.25, -0.2) is 0 Å². The van der Waals surface area contributed by atoms with Crippen LogP contribution in [0, 0.1) is 17.2 Å². The molecule has 0 atom stereocenters. The summed E-state index contributed by atoms with van der Waals surface area (Å²) in [6.07, 6.45) is 8.67. The zero-order valence-electron chi connectivity index (χ0n) is 15.4. The standard InChI is InChI=1S/C22H24ClN3.ClH/c23-17-4-1-3-16(13-17)21-14-22(19-5-2-6-20(19)26-21)25-18-9-7-15(8-10-18)11-12-24;/h1,3-4,13-15,18H,2,5-11H2,(H,25,26);1H. The van der Waals surface area contributed by atoms with Crippen molar-refractivity contribution in [1.82, 2.24) is 4.98 Å². The molecule has 0 unspecified atom stereocenters. The number of nitrogens with one attached hydrogen (secondary N) is 1. The van der Waals surface area contributed by atoms with Crippen molar-refractivity contribution in [3.63, 3.8) is 0 Å². The van der Waals surface area contributed by atoms with Gasteiger partial charge in [0, 0.05) is 34.4 Å². The minimum atomic E-state index is 0. The third-order valence-electron chi connectivity index (χ3n) is 5.76. The van der Waals surface area contributed by atoms with Crippen molar-refractivity contribution >= 4 is 29.7 Å². The van der Waals surface area contributed by atoms with Crippen LogP contribution in [0.5, 0.6) is 0 Å². The van der Waals surface area contributed by atoms with Crippen molar-refractivity contribution in [3.8, 4) is 17.3 Å². The van der Waals surface area contributed by atoms with Crippen LogP contribution in [0.25, 0.3) is 11.3 Å². The van der Waals surface area contributed by atoms with Gasteiger partial charge in [-0.15, -0.1) is 12.4 Å². The van der Waals surface area contributed by atoms with Gasteiger partial charge in [0.2, 0.25) is 0 Å². The Kier molecular flexibility index (Phi) is 6.63. The third kappa shape index (κ3) is 4.57. The monoisotopic (exact) mass is 401 g/mol. The molecule has 0 amide bonds. The maximum atomic E-state index is 8.90. The molecule has 3 nitrogen and oxygen atoms in total. The summed E-state index contributed by atoms with van der Waals surface area (Å²) < 4.78 is 0. The van der Waals surface area contributed by atoms with Crippen molar-refractivity contribution in [3.05, 3.63) is 46.6 Å². The number of nitriles is 1. The predicted molar refractivity (Wildman–Crippen MR) is 114 cm³/mol. The first-order chi connectivity index (χ1) is 12.7. The number of fused-ring (bicyclic) bond motifs is 1. The molecule has 5 heteroatoms. The Morgan fingerprint density at radius 1 is 1.15 bits per heavy atom. The van der Waals surface area contributed by atoms with Crippen LogP contribution in [0.15, 0.2) is 30.3 Å². The number of aryl methyl sites for hydroxylation is 1. The molecule has 1 N–H and O–H groups in total. The smallest absolute Gasteiger partial charge is 0.0726 e. The largest absolute Gasteiger partial charge is 0.382 e. The molecule has 4 rings (SSSR count). The summed E-state index contributed by atoms with van der Waals surface area (Å²) in [7, 11) is 0. The Balaban J connectivity index is 0.00000210. The van der Waals surface area contributed by atoms with E-state index in [9.17, 15) is 0 Å². The molecule has 0 spiro atoms. The lowest BCUT2D eigenvalue weighted by Gasteiger charge is -2.29. The minimum absolute atomic E-state index is 0. The Morgan fingerprint density at radius 2 is 1.96 bits per heavy atom. The molecule has 0 radical (unpaired) electrons. The maximum Gasteiger partial charge on any atom is 0.0726 e. The lowest BCUT2D eigenvalue weighted by atomic mass is 9.84. The van der Waals surface area contributed by atoms with E-state index in [-0.39, 0.29) is 12.4 Å². The van der Waals surface area contributed by atoms with E-state index in [1.54, 1.807) is 0 Å². The summed E-state index contributed by atoms with van der Waals surface area (Å²) in [5.41, 5.74) is 5.98. The molecule has 0 aliphatic heterocycles. The van der Waals surface area contributed by atoms with E-state index < -0.39 is 0 Å². The summed E-state index contributed by atoms with van der Waals surface area (Å²) >= 11 is 6.18. The number of halogens is 2. The van der Waals surface area contributed by atoms with Crippen LogP contribution in [-0.2, 0) is 12.8 Å². The van der Waals surface area contributed by atoms with Crippen molar-refractivity contribution in [2.75, 3.05) is 5.32 Å². The first kappa shape index (κ1) is 20.0. The fourth-order valence-corrected chi connectivity index (χ4v) is 4.52. The summed E-state index contributed by atoms with van der Waals surface area (Å²) in [6, 6.07) is 13.0. The molecule has 2 aliphatic carbocycles. The fraction of sp³-hybridized carbons (Fsp3) is 0.455. The lowest BCUT2D eigenvalue weighted by molar-refractivity contribution is 0.342. The molecule has 1 aromatic carbocycles. The normalized spacial score (nSPS) is 21.0. The number of rotatable bonds is 4. The Hall–Kier alpha value is -1.76. The summed E-state index contributed by atoms with van der Waals surface area (Å²) in [6.45, 7) is 0. The van der Waals surface area contributed by atoms with Crippen molar-refractivity contribution < 1.29 is 0 Å². The molecule has 1 fully saturated rings. The second-order valence-corrected chi connectivity index (χ2v) is 8.00. The van der Waals surface area contributed by atoms with Crippen LogP contribution in [-0.4, -0.2) is 11.0 Å². The van der Waals surface area contributed by atoms with Crippen LogP contribution in [0.4, 0.5) is 5.69 Å². The molecular formula is C22H25Cl2N3. The van der Waals surface area contributed by atoms with Gasteiger partial charge in [0.15, 0.2) is 0 Å². The van der Waals surface area contributed by atoms with Gasteiger partial charge in [0.05, 0.1) is 11.8 Å². The molecule has 1 heterocycles. The van der Waals surface area contributed by atoms with Gasteiger partial charge >= 0.3 is 0 Å². The van der Waals surface area contributed by atoms with Gasteiger partial charge in [-0.2, -0.15) is 5.26 Å². The van der Waals surface area contributed by atoms with E-state index in [1.165, 1.54) is 23.4 Å². The first-order valence-electron chi connectivity index (χ1n) is 9.65. The Labute approximate surface area is 172 Å². The molecular weight excluding hydrogens is 377 g/mol. The Bertz CT molecular complexity index is 836. The summed E-state index contributed by atoms with van der Waals surface area (Å²) in [4.78, 5) is 4.92. The predicted octanol–water partition coefficient (Wildman–Crippen LogP) is 6.20. The number of anilines is 1. The topological polar surface area (TPSA) is 48.7 Å². The van der Waals surface area contributed by atoms with E-state index in [0.29, 0.717) is 18.4 Å². The SMILES string of the molecule is Cl.N#CCC1CCC(Nc2cc(-c3cccc(Cl)c3)nc3c2CCC3)CC1. The number of hydrogen-bond donors (Lipinski definition) is 1. The molecule has 1 saturated carbocycles. The van der Waals surface area contributed by atoms with Gasteiger partial charge in [-0.05, 0) is 74.6 Å². The lowest BCUT2D eigenvalue weighted by Crippen LogP contribution is -2.26. The number of aromatic nitrogens is 1. The van der Waals surface area contributed by atoms with Gasteiger partial charge in [0.1, 0.15) is 0 Å².